The lowest BCUT2D eigenvalue weighted by Gasteiger charge is -2.19. The van der Waals surface area contributed by atoms with E-state index in [0.717, 1.165) is 10.2 Å². The Morgan fingerprint density at radius 3 is 2.78 bits per heavy atom. The van der Waals surface area contributed by atoms with Crippen LogP contribution in [0.2, 0.25) is 0 Å². The molecule has 0 saturated heterocycles. The number of alkyl halides is 1. The molecule has 1 amide bonds. The van der Waals surface area contributed by atoms with E-state index in [1.54, 1.807) is 6.07 Å². The first-order valence-corrected chi connectivity index (χ1v) is 7.02. The van der Waals surface area contributed by atoms with E-state index in [9.17, 15) is 4.79 Å². The van der Waals surface area contributed by atoms with Gasteiger partial charge in [0.1, 0.15) is 19.0 Å². The quantitative estimate of drug-likeness (QED) is 0.491. The fourth-order valence-electron chi connectivity index (χ4n) is 1.05. The van der Waals surface area contributed by atoms with Crippen molar-refractivity contribution in [2.24, 2.45) is 0 Å². The molecular weight excluding hydrogens is 351 g/mol. The zero-order valence-electron chi connectivity index (χ0n) is 10.7. The summed E-state index contributed by atoms with van der Waals surface area (Å²) in [6.45, 7) is 6.04. The smallest absolute Gasteiger partial charge is 0.407 e. The number of ether oxygens (including phenoxy) is 2. The normalized spacial score (nSPS) is 11.1. The molecule has 1 N–H and O–H groups in total. The number of carbonyl (C=O) groups is 1. The minimum absolute atomic E-state index is 0.161. The molecule has 0 atom stereocenters. The number of alkyl carbamates (subject to hydrolysis) is 1. The number of carbonyl (C=O) groups excluding carboxylic acids is 1. The Bertz CT molecular complexity index is 387. The van der Waals surface area contributed by atoms with Crippen LogP contribution >= 0.6 is 22.6 Å². The Kier molecular flexibility index (Phi) is 5.70. The topological polar surface area (TPSA) is 73.6 Å². The summed E-state index contributed by atoms with van der Waals surface area (Å²) in [4.78, 5) is 11.3. The van der Waals surface area contributed by atoms with Crippen LogP contribution in [-0.2, 0) is 9.16 Å². The molecule has 1 rings (SSSR count). The number of rotatable bonds is 5. The summed E-state index contributed by atoms with van der Waals surface area (Å²) in [7, 11) is 0. The average Bonchev–Trinajstić information content (AvgIpc) is 2.70. The molecule has 6 nitrogen and oxygen atoms in total. The number of aromatic nitrogens is 1. The minimum atomic E-state index is -0.459. The van der Waals surface area contributed by atoms with Gasteiger partial charge >= 0.3 is 6.09 Å². The third kappa shape index (κ3) is 6.08. The molecule has 0 unspecified atom stereocenters. The van der Waals surface area contributed by atoms with Gasteiger partial charge in [-0.25, -0.2) is 4.79 Å². The van der Waals surface area contributed by atoms with Gasteiger partial charge in [-0.3, -0.25) is 0 Å². The van der Waals surface area contributed by atoms with E-state index in [-0.39, 0.29) is 18.8 Å². The summed E-state index contributed by atoms with van der Waals surface area (Å²) in [5.74, 6) is 1.15. The molecule has 18 heavy (non-hydrogen) atoms. The zero-order chi connectivity index (χ0) is 13.6. The minimum Gasteiger partial charge on any atom is -0.472 e. The van der Waals surface area contributed by atoms with E-state index < -0.39 is 6.09 Å². The molecule has 1 aromatic rings. The van der Waals surface area contributed by atoms with Crippen molar-refractivity contribution in [3.8, 4) is 5.88 Å². The molecule has 0 aliphatic rings. The molecule has 7 heteroatoms. The molecule has 102 valence electrons. The molecule has 0 saturated carbocycles. The molecule has 0 spiro atoms. The third-order valence-corrected chi connectivity index (χ3v) is 2.46. The van der Waals surface area contributed by atoms with Crippen LogP contribution in [0.4, 0.5) is 4.79 Å². The first-order valence-electron chi connectivity index (χ1n) is 5.50. The van der Waals surface area contributed by atoms with Gasteiger partial charge in [0.15, 0.2) is 0 Å². The Morgan fingerprint density at radius 1 is 1.50 bits per heavy atom. The van der Waals surface area contributed by atoms with Crippen molar-refractivity contribution in [1.29, 1.82) is 0 Å². The second-order valence-electron chi connectivity index (χ2n) is 4.62. The van der Waals surface area contributed by atoms with E-state index in [1.807, 2.05) is 20.8 Å². The zero-order valence-corrected chi connectivity index (χ0v) is 12.8. The third-order valence-electron chi connectivity index (χ3n) is 1.71. The number of hydrogen-bond donors (Lipinski definition) is 1. The summed E-state index contributed by atoms with van der Waals surface area (Å²) in [6.07, 6.45) is -0.459. The van der Waals surface area contributed by atoms with Gasteiger partial charge in [-0.15, -0.1) is 0 Å². The van der Waals surface area contributed by atoms with Crippen molar-refractivity contribution < 1.29 is 18.8 Å². The van der Waals surface area contributed by atoms with Crippen LogP contribution in [0.15, 0.2) is 10.6 Å². The molecule has 0 aliphatic carbocycles. The molecule has 0 fully saturated rings. The standard InChI is InChI=1S/C11H17IN2O4/c1-11(2,3)13-10(15)17-5-4-16-9-6-8(7-12)18-14-9/h6H,4-5,7H2,1-3H3,(H,13,15). The maximum atomic E-state index is 11.3. The van der Waals surface area contributed by atoms with Crippen LogP contribution < -0.4 is 10.1 Å². The van der Waals surface area contributed by atoms with Crippen molar-refractivity contribution >= 4 is 28.7 Å². The van der Waals surface area contributed by atoms with Gasteiger partial charge in [0.25, 0.3) is 5.88 Å². The van der Waals surface area contributed by atoms with Crippen molar-refractivity contribution in [3.63, 3.8) is 0 Å². The van der Waals surface area contributed by atoms with E-state index in [1.165, 1.54) is 0 Å². The predicted octanol–water partition coefficient (Wildman–Crippen LogP) is 2.51. The fraction of sp³-hybridized carbons (Fsp3) is 0.636. The molecule has 1 heterocycles. The van der Waals surface area contributed by atoms with E-state index in [4.69, 9.17) is 14.0 Å². The van der Waals surface area contributed by atoms with Crippen molar-refractivity contribution in [2.45, 2.75) is 30.7 Å². The monoisotopic (exact) mass is 368 g/mol. The highest BCUT2D eigenvalue weighted by molar-refractivity contribution is 14.1. The first kappa shape index (κ1) is 15.1. The van der Waals surface area contributed by atoms with Crippen LogP contribution in [0.1, 0.15) is 26.5 Å². The van der Waals surface area contributed by atoms with Crippen molar-refractivity contribution in [1.82, 2.24) is 10.5 Å². The maximum absolute atomic E-state index is 11.3. The molecule has 0 aromatic carbocycles. The van der Waals surface area contributed by atoms with Gasteiger partial charge in [0.05, 0.1) is 4.43 Å². The number of halogens is 1. The van der Waals surface area contributed by atoms with Gasteiger partial charge in [-0.2, -0.15) is 0 Å². The predicted molar refractivity (Wildman–Crippen MR) is 74.0 cm³/mol. The Balaban J connectivity index is 2.17. The summed E-state index contributed by atoms with van der Waals surface area (Å²) in [5.41, 5.74) is -0.306. The lowest BCUT2D eigenvalue weighted by molar-refractivity contribution is 0.116. The Hall–Kier alpha value is -0.990. The van der Waals surface area contributed by atoms with E-state index in [2.05, 4.69) is 33.1 Å². The molecule has 0 bridgehead atoms. The molecule has 0 aliphatic heterocycles. The van der Waals surface area contributed by atoms with Gasteiger partial charge in [0, 0.05) is 11.6 Å². The fourth-order valence-corrected chi connectivity index (χ4v) is 1.41. The number of amides is 1. The summed E-state index contributed by atoms with van der Waals surface area (Å²) in [5, 5.41) is 6.38. The summed E-state index contributed by atoms with van der Waals surface area (Å²) < 4.78 is 15.9. The number of hydrogen-bond acceptors (Lipinski definition) is 5. The first-order chi connectivity index (χ1) is 8.40. The van der Waals surface area contributed by atoms with Crippen molar-refractivity contribution in [2.75, 3.05) is 13.2 Å². The Labute approximate surface area is 120 Å². The second-order valence-corrected chi connectivity index (χ2v) is 5.39. The Morgan fingerprint density at radius 2 is 2.22 bits per heavy atom. The SMILES string of the molecule is CC(C)(C)NC(=O)OCCOc1cc(CI)on1. The maximum Gasteiger partial charge on any atom is 0.407 e. The average molecular weight is 368 g/mol. The van der Waals surface area contributed by atoms with Crippen LogP contribution in [0.25, 0.3) is 0 Å². The summed E-state index contributed by atoms with van der Waals surface area (Å²) in [6, 6.07) is 1.71. The highest BCUT2D eigenvalue weighted by Gasteiger charge is 2.14. The van der Waals surface area contributed by atoms with Gasteiger partial charge in [-0.1, -0.05) is 22.6 Å². The number of nitrogens with zero attached hydrogens (tertiary/aromatic N) is 1. The molecular formula is C11H17IN2O4. The van der Waals surface area contributed by atoms with Crippen molar-refractivity contribution in [3.05, 3.63) is 11.8 Å². The lowest BCUT2D eigenvalue weighted by atomic mass is 10.1. The summed E-state index contributed by atoms with van der Waals surface area (Å²) >= 11 is 2.17. The highest BCUT2D eigenvalue weighted by atomic mass is 127. The van der Waals surface area contributed by atoms with Gasteiger partial charge in [0.2, 0.25) is 0 Å². The van der Waals surface area contributed by atoms with Gasteiger partial charge in [-0.05, 0) is 25.9 Å². The molecule has 0 radical (unpaired) electrons. The van der Waals surface area contributed by atoms with Crippen LogP contribution in [0, 0.1) is 0 Å². The lowest BCUT2D eigenvalue weighted by Crippen LogP contribution is -2.41. The highest BCUT2D eigenvalue weighted by Crippen LogP contribution is 2.13. The van der Waals surface area contributed by atoms with Crippen LogP contribution in [0.3, 0.4) is 0 Å². The second kappa shape index (κ2) is 6.81. The van der Waals surface area contributed by atoms with Gasteiger partial charge < -0.3 is 19.3 Å². The van der Waals surface area contributed by atoms with Crippen LogP contribution in [-0.4, -0.2) is 30.0 Å². The molecule has 1 aromatic heterocycles. The van der Waals surface area contributed by atoms with E-state index in [0.29, 0.717) is 5.88 Å². The van der Waals surface area contributed by atoms with E-state index >= 15 is 0 Å². The number of nitrogens with one attached hydrogen (secondary N) is 1. The largest absolute Gasteiger partial charge is 0.472 e. The van der Waals surface area contributed by atoms with Crippen LogP contribution in [0.5, 0.6) is 5.88 Å².